The van der Waals surface area contributed by atoms with Gasteiger partial charge < -0.3 is 19.5 Å². The van der Waals surface area contributed by atoms with E-state index in [2.05, 4.69) is 10.3 Å². The van der Waals surface area contributed by atoms with Crippen molar-refractivity contribution in [1.29, 1.82) is 0 Å². The van der Waals surface area contributed by atoms with Crippen LogP contribution in [0.1, 0.15) is 24.8 Å². The molecule has 2 aromatic heterocycles. The van der Waals surface area contributed by atoms with E-state index in [0.29, 0.717) is 25.3 Å². The molecule has 0 bridgehead atoms. The molecule has 2 aromatic rings. The molecule has 0 aliphatic rings. The van der Waals surface area contributed by atoms with E-state index in [1.807, 2.05) is 25.1 Å². The molecule has 1 N–H and O–H groups in total. The van der Waals surface area contributed by atoms with Crippen molar-refractivity contribution < 1.29 is 14.0 Å². The van der Waals surface area contributed by atoms with Gasteiger partial charge in [-0.05, 0) is 30.7 Å². The van der Waals surface area contributed by atoms with Gasteiger partial charge in [0.05, 0.1) is 25.0 Å². The normalized spacial score (nSPS) is 11.6. The van der Waals surface area contributed by atoms with Crippen LogP contribution in [-0.2, 0) is 17.9 Å². The minimum Gasteiger partial charge on any atom is -0.467 e. The number of likely N-dealkylation sites (N-methyl/N-ethyl adjacent to an activating group) is 1. The van der Waals surface area contributed by atoms with Crippen molar-refractivity contribution >= 4 is 11.9 Å². The van der Waals surface area contributed by atoms with Crippen LogP contribution < -0.4 is 5.32 Å². The summed E-state index contributed by atoms with van der Waals surface area (Å²) in [4.78, 5) is 32.2. The lowest BCUT2D eigenvalue weighted by Crippen LogP contribution is -2.50. The molecule has 2 heterocycles. The average Bonchev–Trinajstić information content (AvgIpc) is 3.12. The Labute approximate surface area is 147 Å². The topological polar surface area (TPSA) is 78.7 Å². The Kier molecular flexibility index (Phi) is 6.56. The average molecular weight is 344 g/mol. The van der Waals surface area contributed by atoms with Crippen LogP contribution in [0.3, 0.4) is 0 Å². The first-order valence-electron chi connectivity index (χ1n) is 8.20. The molecule has 0 spiro atoms. The Morgan fingerprint density at radius 3 is 2.56 bits per heavy atom. The van der Waals surface area contributed by atoms with Crippen molar-refractivity contribution in [3.05, 3.63) is 54.2 Å². The van der Waals surface area contributed by atoms with E-state index in [1.165, 1.54) is 4.90 Å². The molecule has 0 aliphatic carbocycles. The second-order valence-electron chi connectivity index (χ2n) is 5.90. The first-order chi connectivity index (χ1) is 12.0. The van der Waals surface area contributed by atoms with Crippen LogP contribution in [0.2, 0.25) is 0 Å². The summed E-state index contributed by atoms with van der Waals surface area (Å²) in [6, 6.07) is 8.23. The quantitative estimate of drug-likeness (QED) is 0.835. The Morgan fingerprint density at radius 2 is 2.00 bits per heavy atom. The lowest BCUT2D eigenvalue weighted by atomic mass is 10.2. The molecule has 1 atom stereocenters. The van der Waals surface area contributed by atoms with Gasteiger partial charge in [0.1, 0.15) is 11.8 Å². The predicted octanol–water partition coefficient (Wildman–Crippen LogP) is 2.25. The number of carbonyl (C=O) groups is 2. The van der Waals surface area contributed by atoms with Crippen molar-refractivity contribution in [3.63, 3.8) is 0 Å². The molecule has 7 heteroatoms. The van der Waals surface area contributed by atoms with Gasteiger partial charge in [0.25, 0.3) is 0 Å². The minimum absolute atomic E-state index is 0.133. The Hall–Kier alpha value is -2.83. The molecule has 25 heavy (non-hydrogen) atoms. The largest absolute Gasteiger partial charge is 0.467 e. The molecule has 0 radical (unpaired) electrons. The fraction of sp³-hybridized carbons (Fsp3) is 0.389. The minimum atomic E-state index is -0.565. The number of rotatable bonds is 7. The molecular weight excluding hydrogens is 320 g/mol. The fourth-order valence-electron chi connectivity index (χ4n) is 2.37. The van der Waals surface area contributed by atoms with Crippen LogP contribution in [0.25, 0.3) is 0 Å². The fourth-order valence-corrected chi connectivity index (χ4v) is 2.37. The summed E-state index contributed by atoms with van der Waals surface area (Å²) in [7, 11) is 3.34. The zero-order valence-electron chi connectivity index (χ0n) is 14.8. The second-order valence-corrected chi connectivity index (χ2v) is 5.90. The molecule has 0 saturated carbocycles. The SMILES string of the molecule is CCC(NC(=O)N(Cc1ccccn1)Cc1ccco1)C(=O)N(C)C. The maximum absolute atomic E-state index is 12.7. The lowest BCUT2D eigenvalue weighted by molar-refractivity contribution is -0.130. The van der Waals surface area contributed by atoms with Crippen molar-refractivity contribution in [1.82, 2.24) is 20.1 Å². The van der Waals surface area contributed by atoms with Crippen molar-refractivity contribution in [2.24, 2.45) is 0 Å². The number of nitrogens with zero attached hydrogens (tertiary/aromatic N) is 3. The number of carbonyl (C=O) groups excluding carboxylic acids is 2. The standard InChI is InChI=1S/C18H24N4O3/c1-4-16(17(23)21(2)3)20-18(24)22(13-15-9-7-11-25-15)12-14-8-5-6-10-19-14/h5-11,16H,4,12-13H2,1-3H3,(H,20,24). The first-order valence-corrected chi connectivity index (χ1v) is 8.20. The molecule has 7 nitrogen and oxygen atoms in total. The van der Waals surface area contributed by atoms with Gasteiger partial charge in [-0.3, -0.25) is 9.78 Å². The molecule has 3 amide bonds. The summed E-state index contributed by atoms with van der Waals surface area (Å²) in [5, 5.41) is 2.81. The molecule has 2 rings (SSSR count). The Bertz CT molecular complexity index is 671. The van der Waals surface area contributed by atoms with E-state index >= 15 is 0 Å². The van der Waals surface area contributed by atoms with Gasteiger partial charge in [-0.2, -0.15) is 0 Å². The molecule has 0 aromatic carbocycles. The third kappa shape index (κ3) is 5.34. The highest BCUT2D eigenvalue weighted by atomic mass is 16.3. The third-order valence-electron chi connectivity index (χ3n) is 3.74. The van der Waals surface area contributed by atoms with Crippen molar-refractivity contribution in [2.75, 3.05) is 14.1 Å². The van der Waals surface area contributed by atoms with Crippen molar-refractivity contribution in [3.8, 4) is 0 Å². The molecule has 0 fully saturated rings. The monoisotopic (exact) mass is 344 g/mol. The highest BCUT2D eigenvalue weighted by Crippen LogP contribution is 2.10. The van der Waals surface area contributed by atoms with Gasteiger partial charge in [0.15, 0.2) is 0 Å². The maximum atomic E-state index is 12.7. The van der Waals surface area contributed by atoms with Crippen LogP contribution in [0.5, 0.6) is 0 Å². The summed E-state index contributed by atoms with van der Waals surface area (Å²) in [6.07, 6.45) is 3.76. The van der Waals surface area contributed by atoms with E-state index in [9.17, 15) is 9.59 Å². The van der Waals surface area contributed by atoms with Gasteiger partial charge >= 0.3 is 6.03 Å². The third-order valence-corrected chi connectivity index (χ3v) is 3.74. The van der Waals surface area contributed by atoms with Gasteiger partial charge in [-0.15, -0.1) is 0 Å². The van der Waals surface area contributed by atoms with Crippen LogP contribution in [0, 0.1) is 0 Å². The number of urea groups is 1. The maximum Gasteiger partial charge on any atom is 0.318 e. The second kappa shape index (κ2) is 8.86. The van der Waals surface area contributed by atoms with E-state index in [-0.39, 0.29) is 11.9 Å². The number of hydrogen-bond acceptors (Lipinski definition) is 4. The van der Waals surface area contributed by atoms with E-state index in [1.54, 1.807) is 43.6 Å². The number of pyridine rings is 1. The van der Waals surface area contributed by atoms with E-state index in [4.69, 9.17) is 4.42 Å². The lowest BCUT2D eigenvalue weighted by Gasteiger charge is -2.26. The summed E-state index contributed by atoms with van der Waals surface area (Å²) in [5.74, 6) is 0.532. The molecule has 134 valence electrons. The highest BCUT2D eigenvalue weighted by Gasteiger charge is 2.24. The molecule has 1 unspecified atom stereocenters. The summed E-state index contributed by atoms with van der Waals surface area (Å²) >= 11 is 0. The Balaban J connectivity index is 2.12. The summed E-state index contributed by atoms with van der Waals surface area (Å²) in [5.41, 5.74) is 0.760. The van der Waals surface area contributed by atoms with Crippen LogP contribution in [0.15, 0.2) is 47.2 Å². The van der Waals surface area contributed by atoms with Gasteiger partial charge in [0.2, 0.25) is 5.91 Å². The van der Waals surface area contributed by atoms with Crippen molar-refractivity contribution in [2.45, 2.75) is 32.5 Å². The first kappa shape index (κ1) is 18.5. The van der Waals surface area contributed by atoms with Gasteiger partial charge in [-0.1, -0.05) is 13.0 Å². The zero-order valence-corrected chi connectivity index (χ0v) is 14.8. The molecular formula is C18H24N4O3. The summed E-state index contributed by atoms with van der Waals surface area (Å²) in [6.45, 7) is 2.48. The van der Waals surface area contributed by atoms with Gasteiger partial charge in [-0.25, -0.2) is 4.79 Å². The van der Waals surface area contributed by atoms with Crippen LogP contribution in [0.4, 0.5) is 4.79 Å². The van der Waals surface area contributed by atoms with E-state index in [0.717, 1.165) is 5.69 Å². The van der Waals surface area contributed by atoms with Crippen LogP contribution >= 0.6 is 0 Å². The van der Waals surface area contributed by atoms with Gasteiger partial charge in [0, 0.05) is 20.3 Å². The summed E-state index contributed by atoms with van der Waals surface area (Å²) < 4.78 is 5.35. The molecule has 0 aliphatic heterocycles. The predicted molar refractivity (Wildman–Crippen MR) is 93.5 cm³/mol. The number of hydrogen-bond donors (Lipinski definition) is 1. The number of furan rings is 1. The van der Waals surface area contributed by atoms with Crippen LogP contribution in [-0.4, -0.2) is 46.9 Å². The zero-order chi connectivity index (χ0) is 18.2. The Morgan fingerprint density at radius 1 is 1.20 bits per heavy atom. The number of amides is 3. The number of nitrogens with one attached hydrogen (secondary N) is 1. The number of aromatic nitrogens is 1. The molecule has 0 saturated heterocycles. The van der Waals surface area contributed by atoms with E-state index < -0.39 is 6.04 Å². The smallest absolute Gasteiger partial charge is 0.318 e. The highest BCUT2D eigenvalue weighted by molar-refractivity contribution is 5.86.